The summed E-state index contributed by atoms with van der Waals surface area (Å²) < 4.78 is 2.23. The van der Waals surface area contributed by atoms with Crippen LogP contribution in [0.3, 0.4) is 0 Å². The maximum atomic E-state index is 6.06. The van der Waals surface area contributed by atoms with Gasteiger partial charge < -0.3 is 5.32 Å². The molecule has 3 nitrogen and oxygen atoms in total. The first kappa shape index (κ1) is 14.6. The molecule has 3 rings (SSSR count). The molecule has 0 radical (unpaired) electrons. The summed E-state index contributed by atoms with van der Waals surface area (Å²) in [6.45, 7) is 7.13. The van der Waals surface area contributed by atoms with E-state index >= 15 is 0 Å². The van der Waals surface area contributed by atoms with E-state index in [1.165, 1.54) is 17.0 Å². The van der Waals surface area contributed by atoms with Gasteiger partial charge >= 0.3 is 0 Å². The molecule has 0 spiro atoms. The van der Waals surface area contributed by atoms with Crippen LogP contribution < -0.4 is 5.32 Å². The highest BCUT2D eigenvalue weighted by Crippen LogP contribution is 2.22. The zero-order valence-corrected chi connectivity index (χ0v) is 13.9. The van der Waals surface area contributed by atoms with Crippen molar-refractivity contribution < 1.29 is 0 Å². The molecule has 0 saturated heterocycles. The molecule has 0 saturated carbocycles. The Morgan fingerprint density at radius 1 is 1.38 bits per heavy atom. The lowest BCUT2D eigenvalue weighted by atomic mass is 10.1. The van der Waals surface area contributed by atoms with Crippen molar-refractivity contribution in [2.75, 3.05) is 0 Å². The average molecular weight is 320 g/mol. The fourth-order valence-corrected chi connectivity index (χ4v) is 3.65. The molecule has 0 aliphatic heterocycles. The number of rotatable bonds is 4. The number of nitrogens with zero attached hydrogens (tertiary/aromatic N) is 2. The van der Waals surface area contributed by atoms with Crippen molar-refractivity contribution in [2.24, 2.45) is 0 Å². The van der Waals surface area contributed by atoms with Crippen LogP contribution in [-0.4, -0.2) is 9.38 Å². The van der Waals surface area contributed by atoms with Crippen molar-refractivity contribution in [2.45, 2.75) is 33.4 Å². The number of fused-ring (bicyclic) bond motifs is 1. The molecule has 0 unspecified atom stereocenters. The van der Waals surface area contributed by atoms with Crippen LogP contribution >= 0.6 is 22.9 Å². The Balaban J connectivity index is 1.80. The van der Waals surface area contributed by atoms with Gasteiger partial charge in [-0.1, -0.05) is 23.7 Å². The van der Waals surface area contributed by atoms with Crippen molar-refractivity contribution in [1.29, 1.82) is 0 Å². The van der Waals surface area contributed by atoms with Gasteiger partial charge in [-0.2, -0.15) is 0 Å². The molecule has 0 fully saturated rings. The van der Waals surface area contributed by atoms with Gasteiger partial charge in [0.2, 0.25) is 0 Å². The summed E-state index contributed by atoms with van der Waals surface area (Å²) >= 11 is 7.75. The normalized spacial score (nSPS) is 13.0. The Labute approximate surface area is 133 Å². The van der Waals surface area contributed by atoms with Gasteiger partial charge in [-0.05, 0) is 38.5 Å². The van der Waals surface area contributed by atoms with Crippen molar-refractivity contribution in [3.63, 3.8) is 0 Å². The van der Waals surface area contributed by atoms with Crippen LogP contribution in [0.1, 0.15) is 35.6 Å². The summed E-state index contributed by atoms with van der Waals surface area (Å²) in [5.74, 6) is 0. The molecular formula is C16H18ClN3S. The predicted octanol–water partition coefficient (Wildman–Crippen LogP) is 4.52. The fraction of sp³-hybridized carbons (Fsp3) is 0.312. The number of hydrogen-bond donors (Lipinski definition) is 1. The van der Waals surface area contributed by atoms with Crippen LogP contribution in [0, 0.1) is 13.8 Å². The summed E-state index contributed by atoms with van der Waals surface area (Å²) in [6, 6.07) is 8.23. The van der Waals surface area contributed by atoms with Crippen LogP contribution in [0.5, 0.6) is 0 Å². The minimum atomic E-state index is 0.243. The first-order valence-electron chi connectivity index (χ1n) is 6.97. The molecule has 2 heterocycles. The highest BCUT2D eigenvalue weighted by atomic mass is 35.5. The second-order valence-corrected chi connectivity index (χ2v) is 6.57. The van der Waals surface area contributed by atoms with Gasteiger partial charge in [0.25, 0.3) is 0 Å². The van der Waals surface area contributed by atoms with Gasteiger partial charge in [-0.3, -0.25) is 4.40 Å². The van der Waals surface area contributed by atoms with E-state index in [9.17, 15) is 0 Å². The van der Waals surface area contributed by atoms with E-state index in [0.717, 1.165) is 22.2 Å². The number of aryl methyl sites for hydroxylation is 2. The van der Waals surface area contributed by atoms with E-state index < -0.39 is 0 Å². The maximum absolute atomic E-state index is 6.06. The molecule has 0 aliphatic carbocycles. The van der Waals surface area contributed by atoms with E-state index in [1.807, 2.05) is 18.2 Å². The monoisotopic (exact) mass is 319 g/mol. The lowest BCUT2D eigenvalue weighted by Crippen LogP contribution is -2.19. The predicted molar refractivity (Wildman–Crippen MR) is 89.2 cm³/mol. The third-order valence-corrected chi connectivity index (χ3v) is 4.93. The van der Waals surface area contributed by atoms with Gasteiger partial charge in [-0.15, -0.1) is 11.3 Å². The molecular weight excluding hydrogens is 302 g/mol. The molecule has 0 bridgehead atoms. The van der Waals surface area contributed by atoms with E-state index in [2.05, 4.69) is 46.9 Å². The van der Waals surface area contributed by atoms with E-state index in [4.69, 9.17) is 11.6 Å². The Morgan fingerprint density at radius 3 is 2.95 bits per heavy atom. The van der Waals surface area contributed by atoms with Crippen molar-refractivity contribution in [3.8, 4) is 0 Å². The molecule has 3 aromatic rings. The third kappa shape index (κ3) is 2.84. The number of halogens is 1. The molecule has 2 aromatic heterocycles. The van der Waals surface area contributed by atoms with E-state index in [0.29, 0.717) is 0 Å². The topological polar surface area (TPSA) is 29.3 Å². The first-order valence-corrected chi connectivity index (χ1v) is 8.23. The number of aromatic nitrogens is 2. The summed E-state index contributed by atoms with van der Waals surface area (Å²) in [7, 11) is 0. The van der Waals surface area contributed by atoms with Gasteiger partial charge in [0, 0.05) is 28.7 Å². The van der Waals surface area contributed by atoms with Gasteiger partial charge in [0.05, 0.1) is 11.4 Å². The molecule has 21 heavy (non-hydrogen) atoms. The molecule has 1 N–H and O–H groups in total. The van der Waals surface area contributed by atoms with Gasteiger partial charge in [0.15, 0.2) is 4.96 Å². The Morgan fingerprint density at radius 2 is 2.19 bits per heavy atom. The van der Waals surface area contributed by atoms with Gasteiger partial charge in [0.1, 0.15) is 0 Å². The summed E-state index contributed by atoms with van der Waals surface area (Å²) in [5.41, 5.74) is 4.76. The highest BCUT2D eigenvalue weighted by molar-refractivity contribution is 7.15. The molecule has 0 aliphatic rings. The Bertz CT molecular complexity index is 775. The average Bonchev–Trinajstić information content (AvgIpc) is 2.96. The number of imidazole rings is 1. The number of nitrogens with one attached hydrogen (secondary N) is 1. The SMILES string of the molecule is Cc1nc2scc(C)n2c1CN[C@@H](C)c1cccc(Cl)c1. The summed E-state index contributed by atoms with van der Waals surface area (Å²) in [6.07, 6.45) is 0. The fourth-order valence-electron chi connectivity index (χ4n) is 2.52. The smallest absolute Gasteiger partial charge is 0.194 e. The molecule has 1 aromatic carbocycles. The van der Waals surface area contributed by atoms with Crippen molar-refractivity contribution in [3.05, 3.63) is 57.3 Å². The lowest BCUT2D eigenvalue weighted by molar-refractivity contribution is 0.564. The first-order chi connectivity index (χ1) is 10.1. The highest BCUT2D eigenvalue weighted by Gasteiger charge is 2.13. The number of benzene rings is 1. The minimum absolute atomic E-state index is 0.243. The summed E-state index contributed by atoms with van der Waals surface area (Å²) in [5, 5.41) is 6.48. The maximum Gasteiger partial charge on any atom is 0.194 e. The third-order valence-electron chi connectivity index (χ3n) is 3.75. The van der Waals surface area contributed by atoms with Crippen LogP contribution in [-0.2, 0) is 6.54 Å². The van der Waals surface area contributed by atoms with Crippen LogP contribution in [0.15, 0.2) is 29.6 Å². The van der Waals surface area contributed by atoms with Crippen LogP contribution in [0.2, 0.25) is 5.02 Å². The second-order valence-electron chi connectivity index (χ2n) is 5.30. The van der Waals surface area contributed by atoms with Crippen molar-refractivity contribution >= 4 is 27.9 Å². The zero-order valence-electron chi connectivity index (χ0n) is 12.4. The Hall–Kier alpha value is -1.36. The quantitative estimate of drug-likeness (QED) is 0.766. The Kier molecular flexibility index (Phi) is 4.02. The molecule has 0 amide bonds. The van der Waals surface area contributed by atoms with Crippen LogP contribution in [0.25, 0.3) is 4.96 Å². The minimum Gasteiger partial charge on any atom is -0.305 e. The van der Waals surface area contributed by atoms with Crippen molar-refractivity contribution in [1.82, 2.24) is 14.7 Å². The zero-order chi connectivity index (χ0) is 15.0. The van der Waals surface area contributed by atoms with E-state index in [1.54, 1.807) is 11.3 Å². The lowest BCUT2D eigenvalue weighted by Gasteiger charge is -2.15. The molecule has 1 atom stereocenters. The molecule has 5 heteroatoms. The standard InChI is InChI=1S/C16H18ClN3S/c1-10-9-21-16-19-12(3)15(20(10)16)8-18-11(2)13-5-4-6-14(17)7-13/h4-7,9,11,18H,8H2,1-3H3/t11-/m0/s1. The van der Waals surface area contributed by atoms with Crippen LogP contribution in [0.4, 0.5) is 0 Å². The van der Waals surface area contributed by atoms with Gasteiger partial charge in [-0.25, -0.2) is 4.98 Å². The molecule has 110 valence electrons. The number of hydrogen-bond acceptors (Lipinski definition) is 3. The number of thiazole rings is 1. The van der Waals surface area contributed by atoms with E-state index in [-0.39, 0.29) is 6.04 Å². The largest absolute Gasteiger partial charge is 0.305 e. The second kappa shape index (κ2) is 5.79. The summed E-state index contributed by atoms with van der Waals surface area (Å²) in [4.78, 5) is 5.69.